The molecule has 14 heavy (non-hydrogen) atoms. The molecule has 0 aromatic carbocycles. The summed E-state index contributed by atoms with van der Waals surface area (Å²) in [5, 5.41) is 3.08. The number of nitrogens with one attached hydrogen (secondary N) is 1. The van der Waals surface area contributed by atoms with Crippen LogP contribution in [0.3, 0.4) is 0 Å². The van der Waals surface area contributed by atoms with E-state index in [-0.39, 0.29) is 6.41 Å². The normalized spacial score (nSPS) is 17.1. The molecular weight excluding hydrogens is 205 g/mol. The van der Waals surface area contributed by atoms with Crippen LogP contribution in [0.1, 0.15) is 0 Å². The maximum absolute atomic E-state index is 11.7. The third kappa shape index (κ3) is 2.34. The summed E-state index contributed by atoms with van der Waals surface area (Å²) in [6.07, 6.45) is -5.03. The van der Waals surface area contributed by atoms with Crippen LogP contribution in [0.15, 0.2) is 0 Å². The molecule has 1 heterocycles. The third-order valence-electron chi connectivity index (χ3n) is 1.64. The molecule has 0 radical (unpaired) electrons. The SMILES string of the molecule is O=CN(OC(=O)C(F)(F)F)C1CNC1. The van der Waals surface area contributed by atoms with Gasteiger partial charge in [-0.2, -0.15) is 18.2 Å². The third-order valence-corrected chi connectivity index (χ3v) is 1.64. The molecule has 8 heteroatoms. The second-order valence-corrected chi connectivity index (χ2v) is 2.65. The van der Waals surface area contributed by atoms with Crippen molar-refractivity contribution in [3.8, 4) is 0 Å². The summed E-state index contributed by atoms with van der Waals surface area (Å²) >= 11 is 0. The molecule has 1 rings (SSSR count). The van der Waals surface area contributed by atoms with E-state index in [1.807, 2.05) is 0 Å². The zero-order valence-corrected chi connectivity index (χ0v) is 6.87. The monoisotopic (exact) mass is 212 g/mol. The number of hydroxylamine groups is 2. The number of amides is 1. The van der Waals surface area contributed by atoms with Crippen molar-refractivity contribution in [1.82, 2.24) is 10.4 Å². The molecule has 0 unspecified atom stereocenters. The molecule has 0 aromatic rings. The van der Waals surface area contributed by atoms with Gasteiger partial charge >= 0.3 is 12.1 Å². The Morgan fingerprint density at radius 1 is 1.50 bits per heavy atom. The average Bonchev–Trinajstić information content (AvgIpc) is 1.97. The molecular formula is C6H7F3N2O3. The van der Waals surface area contributed by atoms with Crippen molar-refractivity contribution in [1.29, 1.82) is 0 Å². The number of carbonyl (C=O) groups is 2. The van der Waals surface area contributed by atoms with Crippen LogP contribution in [0.5, 0.6) is 0 Å². The van der Waals surface area contributed by atoms with E-state index < -0.39 is 18.2 Å². The van der Waals surface area contributed by atoms with Gasteiger partial charge in [0, 0.05) is 13.1 Å². The van der Waals surface area contributed by atoms with Gasteiger partial charge < -0.3 is 10.2 Å². The summed E-state index contributed by atoms with van der Waals surface area (Å²) in [4.78, 5) is 24.4. The highest BCUT2D eigenvalue weighted by Gasteiger charge is 2.43. The molecule has 0 spiro atoms. The molecule has 1 N–H and O–H groups in total. The Balaban J connectivity index is 2.47. The minimum absolute atomic E-state index is 0.0507. The lowest BCUT2D eigenvalue weighted by atomic mass is 10.2. The Morgan fingerprint density at radius 3 is 2.36 bits per heavy atom. The fourth-order valence-corrected chi connectivity index (χ4v) is 0.783. The smallest absolute Gasteiger partial charge is 0.329 e. The maximum atomic E-state index is 11.7. The molecule has 1 aliphatic rings. The molecule has 0 aliphatic carbocycles. The summed E-state index contributed by atoms with van der Waals surface area (Å²) in [6.45, 7) is 0.619. The summed E-state index contributed by atoms with van der Waals surface area (Å²) in [7, 11) is 0. The molecule has 0 atom stereocenters. The first-order valence-electron chi connectivity index (χ1n) is 3.68. The predicted molar refractivity (Wildman–Crippen MR) is 36.7 cm³/mol. The molecule has 0 saturated carbocycles. The van der Waals surface area contributed by atoms with E-state index in [1.165, 1.54) is 0 Å². The average molecular weight is 212 g/mol. The molecule has 1 amide bonds. The summed E-state index contributed by atoms with van der Waals surface area (Å²) < 4.78 is 35.1. The summed E-state index contributed by atoms with van der Waals surface area (Å²) in [5.41, 5.74) is 0. The molecule has 0 aromatic heterocycles. The number of carbonyl (C=O) groups excluding carboxylic acids is 2. The van der Waals surface area contributed by atoms with Gasteiger partial charge in [-0.05, 0) is 0 Å². The topological polar surface area (TPSA) is 58.6 Å². The molecule has 1 aliphatic heterocycles. The zero-order valence-electron chi connectivity index (χ0n) is 6.87. The van der Waals surface area contributed by atoms with Gasteiger partial charge in [0.1, 0.15) is 0 Å². The minimum atomic E-state index is -5.08. The van der Waals surface area contributed by atoms with Crippen LogP contribution in [0, 0.1) is 0 Å². The Morgan fingerprint density at radius 2 is 2.07 bits per heavy atom. The maximum Gasteiger partial charge on any atom is 0.493 e. The van der Waals surface area contributed by atoms with E-state index in [9.17, 15) is 22.8 Å². The Bertz CT molecular complexity index is 239. The first kappa shape index (κ1) is 10.8. The van der Waals surface area contributed by atoms with Gasteiger partial charge in [-0.25, -0.2) is 4.79 Å². The van der Waals surface area contributed by atoms with E-state index >= 15 is 0 Å². The van der Waals surface area contributed by atoms with Gasteiger partial charge in [-0.1, -0.05) is 0 Å². The second-order valence-electron chi connectivity index (χ2n) is 2.65. The van der Waals surface area contributed by atoms with Gasteiger partial charge in [0.05, 0.1) is 6.04 Å². The van der Waals surface area contributed by atoms with E-state index in [1.54, 1.807) is 0 Å². The lowest BCUT2D eigenvalue weighted by Gasteiger charge is -2.33. The number of halogens is 3. The molecule has 1 fully saturated rings. The number of hydrogen-bond acceptors (Lipinski definition) is 4. The number of rotatable bonds is 3. The van der Waals surface area contributed by atoms with Crippen molar-refractivity contribution < 1.29 is 27.6 Å². The van der Waals surface area contributed by atoms with Crippen LogP contribution in [0.2, 0.25) is 0 Å². The van der Waals surface area contributed by atoms with Crippen LogP contribution in [-0.4, -0.2) is 42.8 Å². The van der Waals surface area contributed by atoms with Gasteiger partial charge in [0.25, 0.3) is 0 Å². The van der Waals surface area contributed by atoms with Gasteiger partial charge in [0.15, 0.2) is 0 Å². The molecule has 5 nitrogen and oxygen atoms in total. The van der Waals surface area contributed by atoms with Gasteiger partial charge in [0.2, 0.25) is 6.41 Å². The van der Waals surface area contributed by atoms with E-state index in [2.05, 4.69) is 10.2 Å². The molecule has 80 valence electrons. The Kier molecular flexibility index (Phi) is 2.94. The van der Waals surface area contributed by atoms with Crippen LogP contribution in [0.25, 0.3) is 0 Å². The van der Waals surface area contributed by atoms with Crippen molar-refractivity contribution in [3.63, 3.8) is 0 Å². The summed E-state index contributed by atoms with van der Waals surface area (Å²) in [5.74, 6) is -2.39. The second kappa shape index (κ2) is 3.82. The Hall–Kier alpha value is -1.31. The molecule has 0 bridgehead atoms. The van der Waals surface area contributed by atoms with Crippen LogP contribution >= 0.6 is 0 Å². The minimum Gasteiger partial charge on any atom is -0.329 e. The fourth-order valence-electron chi connectivity index (χ4n) is 0.783. The van der Waals surface area contributed by atoms with Crippen LogP contribution in [-0.2, 0) is 14.4 Å². The number of nitrogens with zero attached hydrogens (tertiary/aromatic N) is 1. The van der Waals surface area contributed by atoms with E-state index in [0.717, 1.165) is 0 Å². The van der Waals surface area contributed by atoms with Crippen molar-refractivity contribution >= 4 is 12.4 Å². The Labute approximate surface area is 76.8 Å². The fraction of sp³-hybridized carbons (Fsp3) is 0.667. The van der Waals surface area contributed by atoms with Gasteiger partial charge in [-0.15, -0.1) is 0 Å². The van der Waals surface area contributed by atoms with Crippen molar-refractivity contribution in [2.45, 2.75) is 12.2 Å². The standard InChI is InChI=1S/C6H7F3N2O3/c7-6(8,9)5(13)14-11(3-12)4-1-10-2-4/h3-4,10H,1-2H2. The zero-order chi connectivity index (χ0) is 10.8. The van der Waals surface area contributed by atoms with Crippen molar-refractivity contribution in [2.24, 2.45) is 0 Å². The highest BCUT2D eigenvalue weighted by Crippen LogP contribution is 2.18. The largest absolute Gasteiger partial charge is 0.493 e. The van der Waals surface area contributed by atoms with Crippen LogP contribution < -0.4 is 5.32 Å². The van der Waals surface area contributed by atoms with Crippen molar-refractivity contribution in [2.75, 3.05) is 13.1 Å². The first-order chi connectivity index (χ1) is 6.45. The lowest BCUT2D eigenvalue weighted by Crippen LogP contribution is -2.57. The van der Waals surface area contributed by atoms with Gasteiger partial charge in [-0.3, -0.25) is 4.79 Å². The lowest BCUT2D eigenvalue weighted by molar-refractivity contribution is -0.241. The summed E-state index contributed by atoms with van der Waals surface area (Å²) in [6, 6.07) is -0.515. The first-order valence-corrected chi connectivity index (χ1v) is 3.68. The number of alkyl halides is 3. The van der Waals surface area contributed by atoms with E-state index in [0.29, 0.717) is 18.2 Å². The highest BCUT2D eigenvalue weighted by atomic mass is 19.4. The van der Waals surface area contributed by atoms with E-state index in [4.69, 9.17) is 0 Å². The number of hydrogen-bond donors (Lipinski definition) is 1. The predicted octanol–water partition coefficient (Wildman–Crippen LogP) is -0.563. The molecule has 1 saturated heterocycles. The van der Waals surface area contributed by atoms with Crippen molar-refractivity contribution in [3.05, 3.63) is 0 Å². The van der Waals surface area contributed by atoms with Crippen LogP contribution in [0.4, 0.5) is 13.2 Å². The quantitative estimate of drug-likeness (QED) is 0.503. The highest BCUT2D eigenvalue weighted by molar-refractivity contribution is 5.76.